The highest BCUT2D eigenvalue weighted by molar-refractivity contribution is 7.80. The number of carbonyl (C=O) groups is 1. The summed E-state index contributed by atoms with van der Waals surface area (Å²) in [5.41, 5.74) is 2.16. The molecule has 0 bridgehead atoms. The van der Waals surface area contributed by atoms with Gasteiger partial charge in [0.15, 0.2) is 5.11 Å². The monoisotopic (exact) mass is 292 g/mol. The molecular formula is C15H20N2O2S. The Balaban J connectivity index is 2.04. The van der Waals surface area contributed by atoms with E-state index in [1.807, 2.05) is 39.0 Å². The van der Waals surface area contributed by atoms with Crippen LogP contribution in [0.5, 0.6) is 0 Å². The smallest absolute Gasteiger partial charge is 0.251 e. The van der Waals surface area contributed by atoms with Crippen LogP contribution in [0.3, 0.4) is 0 Å². The van der Waals surface area contributed by atoms with Gasteiger partial charge in [-0.2, -0.15) is 0 Å². The van der Waals surface area contributed by atoms with Crippen molar-refractivity contribution < 1.29 is 9.53 Å². The van der Waals surface area contributed by atoms with E-state index in [1.165, 1.54) is 0 Å². The predicted molar refractivity (Wildman–Crippen MR) is 82.1 cm³/mol. The highest BCUT2D eigenvalue weighted by Crippen LogP contribution is 2.14. The van der Waals surface area contributed by atoms with E-state index in [4.69, 9.17) is 17.0 Å². The third-order valence-corrected chi connectivity index (χ3v) is 3.48. The summed E-state index contributed by atoms with van der Waals surface area (Å²) in [6.45, 7) is 6.93. The molecule has 108 valence electrons. The first kappa shape index (κ1) is 14.9. The van der Waals surface area contributed by atoms with Gasteiger partial charge in [0.2, 0.25) is 0 Å². The van der Waals surface area contributed by atoms with Crippen LogP contribution < -0.4 is 5.32 Å². The molecule has 1 aliphatic rings. The first-order valence-electron chi connectivity index (χ1n) is 6.78. The number of hydrogen-bond donors (Lipinski definition) is 1. The molecule has 0 spiro atoms. The highest BCUT2D eigenvalue weighted by Gasteiger charge is 2.31. The van der Waals surface area contributed by atoms with Crippen molar-refractivity contribution in [1.82, 2.24) is 10.2 Å². The second-order valence-electron chi connectivity index (χ2n) is 5.28. The van der Waals surface area contributed by atoms with E-state index in [9.17, 15) is 4.79 Å². The average Bonchev–Trinajstić information content (AvgIpc) is 2.64. The average molecular weight is 292 g/mol. The van der Waals surface area contributed by atoms with Crippen molar-refractivity contribution in [2.75, 3.05) is 0 Å². The Morgan fingerprint density at radius 3 is 2.70 bits per heavy atom. The number of carbonyl (C=O) groups excluding carboxylic acids is 1. The van der Waals surface area contributed by atoms with E-state index in [-0.39, 0.29) is 18.1 Å². The van der Waals surface area contributed by atoms with Crippen LogP contribution in [0.25, 0.3) is 0 Å². The zero-order chi connectivity index (χ0) is 14.7. The van der Waals surface area contributed by atoms with Crippen LogP contribution in [0.4, 0.5) is 0 Å². The number of hydrogen-bond acceptors (Lipinski definition) is 3. The number of rotatable bonds is 5. The molecule has 0 unspecified atom stereocenters. The molecule has 1 N–H and O–H groups in total. The third kappa shape index (κ3) is 3.55. The fourth-order valence-electron chi connectivity index (χ4n) is 2.07. The van der Waals surface area contributed by atoms with E-state index in [1.54, 1.807) is 4.90 Å². The van der Waals surface area contributed by atoms with Crippen molar-refractivity contribution in [3.05, 3.63) is 35.4 Å². The minimum atomic E-state index is -0.227. The second kappa shape index (κ2) is 6.33. The van der Waals surface area contributed by atoms with E-state index in [0.29, 0.717) is 18.3 Å². The normalized spacial score (nSPS) is 18.8. The molecule has 0 saturated carbocycles. The molecule has 1 amide bonds. The summed E-state index contributed by atoms with van der Waals surface area (Å²) >= 11 is 5.18. The van der Waals surface area contributed by atoms with Crippen molar-refractivity contribution in [3.8, 4) is 0 Å². The standard InChI is InChI=1S/C15H20N2O2S/c1-10(2)19-9-13-6-4-5-12(7-13)8-17-14(18)11(3)16-15(17)20/h4-7,10-11H,8-9H2,1-3H3,(H,16,20)/t11-/m1/s1. The van der Waals surface area contributed by atoms with Gasteiger partial charge in [0.05, 0.1) is 19.3 Å². The lowest BCUT2D eigenvalue weighted by Crippen LogP contribution is -2.30. The first-order chi connectivity index (χ1) is 9.47. The highest BCUT2D eigenvalue weighted by atomic mass is 32.1. The van der Waals surface area contributed by atoms with Crippen molar-refractivity contribution in [1.29, 1.82) is 0 Å². The van der Waals surface area contributed by atoms with Crippen LogP contribution >= 0.6 is 12.2 Å². The van der Waals surface area contributed by atoms with Crippen LogP contribution in [0, 0.1) is 0 Å². The van der Waals surface area contributed by atoms with Crippen LogP contribution in [0.15, 0.2) is 24.3 Å². The summed E-state index contributed by atoms with van der Waals surface area (Å²) in [6.07, 6.45) is 0.205. The molecule has 1 heterocycles. The molecule has 1 aliphatic heterocycles. The maximum atomic E-state index is 12.0. The van der Waals surface area contributed by atoms with Gasteiger partial charge in [0.1, 0.15) is 6.04 Å². The van der Waals surface area contributed by atoms with E-state index in [0.717, 1.165) is 11.1 Å². The Morgan fingerprint density at radius 1 is 1.40 bits per heavy atom. The Hall–Kier alpha value is -1.46. The zero-order valence-electron chi connectivity index (χ0n) is 12.1. The summed E-state index contributed by atoms with van der Waals surface area (Å²) in [4.78, 5) is 13.6. The number of thiocarbonyl (C=S) groups is 1. The molecule has 1 saturated heterocycles. The SMILES string of the molecule is CC(C)OCc1cccc(CN2C(=O)[C@@H](C)NC2=S)c1. The van der Waals surface area contributed by atoms with Crippen molar-refractivity contribution in [3.63, 3.8) is 0 Å². The maximum Gasteiger partial charge on any atom is 0.251 e. The van der Waals surface area contributed by atoms with Crippen LogP contribution in [0.1, 0.15) is 31.9 Å². The molecule has 1 aromatic rings. The molecule has 5 heteroatoms. The van der Waals surface area contributed by atoms with Crippen molar-refractivity contribution in [2.45, 2.75) is 46.1 Å². The van der Waals surface area contributed by atoms with Crippen LogP contribution in [-0.2, 0) is 22.7 Å². The lowest BCUT2D eigenvalue weighted by Gasteiger charge is -2.15. The van der Waals surface area contributed by atoms with Gasteiger partial charge in [-0.25, -0.2) is 0 Å². The van der Waals surface area contributed by atoms with Gasteiger partial charge in [-0.1, -0.05) is 24.3 Å². The summed E-state index contributed by atoms with van der Waals surface area (Å²) in [7, 11) is 0. The first-order valence-corrected chi connectivity index (χ1v) is 7.19. The lowest BCUT2D eigenvalue weighted by atomic mass is 10.1. The molecule has 1 atom stereocenters. The Morgan fingerprint density at radius 2 is 2.10 bits per heavy atom. The largest absolute Gasteiger partial charge is 0.374 e. The number of nitrogens with zero attached hydrogens (tertiary/aromatic N) is 1. The van der Waals surface area contributed by atoms with Gasteiger partial charge in [-0.05, 0) is 44.1 Å². The van der Waals surface area contributed by atoms with Gasteiger partial charge in [-0.3, -0.25) is 9.69 Å². The molecule has 0 aliphatic carbocycles. The molecule has 20 heavy (non-hydrogen) atoms. The molecule has 1 aromatic carbocycles. The van der Waals surface area contributed by atoms with Crippen molar-refractivity contribution in [2.24, 2.45) is 0 Å². The molecule has 0 radical (unpaired) electrons. The third-order valence-electron chi connectivity index (χ3n) is 3.14. The van der Waals surface area contributed by atoms with Crippen LogP contribution in [-0.4, -0.2) is 28.1 Å². The summed E-state index contributed by atoms with van der Waals surface area (Å²) in [6, 6.07) is 7.83. The Bertz CT molecular complexity index is 516. The summed E-state index contributed by atoms with van der Waals surface area (Å²) in [5.74, 6) is 0.0267. The quantitative estimate of drug-likeness (QED) is 0.845. The summed E-state index contributed by atoms with van der Waals surface area (Å²) in [5, 5.41) is 3.48. The van der Waals surface area contributed by atoms with E-state index in [2.05, 4.69) is 11.4 Å². The molecule has 4 nitrogen and oxygen atoms in total. The molecular weight excluding hydrogens is 272 g/mol. The fraction of sp³-hybridized carbons (Fsp3) is 0.467. The van der Waals surface area contributed by atoms with Gasteiger partial charge in [0, 0.05) is 0 Å². The van der Waals surface area contributed by atoms with Crippen LogP contribution in [0.2, 0.25) is 0 Å². The van der Waals surface area contributed by atoms with E-state index >= 15 is 0 Å². The summed E-state index contributed by atoms with van der Waals surface area (Å²) < 4.78 is 5.59. The molecule has 2 rings (SSSR count). The van der Waals surface area contributed by atoms with Crippen molar-refractivity contribution >= 4 is 23.2 Å². The Kier molecular flexibility index (Phi) is 4.73. The number of ether oxygens (including phenoxy) is 1. The number of nitrogens with one attached hydrogen (secondary N) is 1. The second-order valence-corrected chi connectivity index (χ2v) is 5.66. The maximum absolute atomic E-state index is 12.0. The number of amides is 1. The molecule has 1 fully saturated rings. The number of benzene rings is 1. The minimum absolute atomic E-state index is 0.0267. The molecule has 0 aromatic heterocycles. The van der Waals surface area contributed by atoms with Gasteiger partial charge < -0.3 is 10.1 Å². The van der Waals surface area contributed by atoms with Gasteiger partial charge in [-0.15, -0.1) is 0 Å². The zero-order valence-corrected chi connectivity index (χ0v) is 12.9. The van der Waals surface area contributed by atoms with E-state index < -0.39 is 0 Å². The predicted octanol–water partition coefficient (Wildman–Crippen LogP) is 2.22. The topological polar surface area (TPSA) is 41.6 Å². The fourth-order valence-corrected chi connectivity index (χ4v) is 2.40. The lowest BCUT2D eigenvalue weighted by molar-refractivity contribution is -0.127. The minimum Gasteiger partial charge on any atom is -0.374 e. The Labute approximate surface area is 125 Å². The van der Waals surface area contributed by atoms with Gasteiger partial charge in [0.25, 0.3) is 5.91 Å². The van der Waals surface area contributed by atoms with Gasteiger partial charge >= 0.3 is 0 Å².